The van der Waals surface area contributed by atoms with Gasteiger partial charge in [0.15, 0.2) is 0 Å². The van der Waals surface area contributed by atoms with E-state index in [4.69, 9.17) is 9.84 Å². The molecule has 0 aromatic heterocycles. The van der Waals surface area contributed by atoms with Crippen molar-refractivity contribution in [3.63, 3.8) is 0 Å². The van der Waals surface area contributed by atoms with Crippen LogP contribution in [0.15, 0.2) is 48.5 Å². The molecule has 1 unspecified atom stereocenters. The predicted octanol–water partition coefficient (Wildman–Crippen LogP) is 4.01. The fourth-order valence-electron chi connectivity index (χ4n) is 5.49. The normalized spacial score (nSPS) is 24.3. The van der Waals surface area contributed by atoms with Crippen LogP contribution in [0.4, 0.5) is 13.6 Å². The molecular formula is C26H26F2N2O5. The molecule has 0 radical (unpaired) electrons. The summed E-state index contributed by atoms with van der Waals surface area (Å²) < 4.78 is 32.8. The molecule has 2 N–H and O–H groups in total. The number of carboxylic acid groups (broad SMARTS) is 1. The Morgan fingerprint density at radius 1 is 1.03 bits per heavy atom. The van der Waals surface area contributed by atoms with Gasteiger partial charge in [0.25, 0.3) is 5.92 Å². The summed E-state index contributed by atoms with van der Waals surface area (Å²) in [5.41, 5.74) is 4.53. The van der Waals surface area contributed by atoms with Crippen molar-refractivity contribution < 1.29 is 33.0 Å². The smallest absolute Gasteiger partial charge is 0.407 e. The molecule has 2 amide bonds. The second kappa shape index (κ2) is 8.94. The zero-order valence-corrected chi connectivity index (χ0v) is 19.0. The minimum absolute atomic E-state index is 0.0112. The Kier molecular flexibility index (Phi) is 5.94. The van der Waals surface area contributed by atoms with Gasteiger partial charge in [-0.25, -0.2) is 18.4 Å². The Hall–Kier alpha value is -3.49. The summed E-state index contributed by atoms with van der Waals surface area (Å²) in [6.45, 7) is -0.662. The second-order valence-electron chi connectivity index (χ2n) is 9.64. The number of carbonyl (C=O) groups is 3. The van der Waals surface area contributed by atoms with Gasteiger partial charge in [-0.15, -0.1) is 0 Å². The van der Waals surface area contributed by atoms with Crippen molar-refractivity contribution in [2.45, 2.75) is 49.6 Å². The van der Waals surface area contributed by atoms with Crippen LogP contribution < -0.4 is 5.32 Å². The third kappa shape index (κ3) is 4.59. The number of halogens is 2. The number of nitrogens with zero attached hydrogens (tertiary/aromatic N) is 1. The fraction of sp³-hybridized carbons (Fsp3) is 0.423. The van der Waals surface area contributed by atoms with Crippen LogP contribution in [-0.2, 0) is 14.3 Å². The SMILES string of the molecule is O=C(NC1CC(CC(=O)N2CC(F)(F)CC2C(=O)O)C1)OCC1c2ccccc2-c2ccccc21. The van der Waals surface area contributed by atoms with Crippen molar-refractivity contribution in [2.75, 3.05) is 13.2 Å². The molecule has 1 aliphatic heterocycles. The molecule has 5 rings (SSSR count). The van der Waals surface area contributed by atoms with Gasteiger partial charge >= 0.3 is 12.1 Å². The summed E-state index contributed by atoms with van der Waals surface area (Å²) in [7, 11) is 0. The number of carboxylic acids is 1. The quantitative estimate of drug-likeness (QED) is 0.646. The lowest BCUT2D eigenvalue weighted by Crippen LogP contribution is -2.47. The number of aliphatic carboxylic acids is 1. The van der Waals surface area contributed by atoms with Gasteiger partial charge in [-0.3, -0.25) is 4.79 Å². The first-order chi connectivity index (χ1) is 16.7. The maximum absolute atomic E-state index is 13.6. The van der Waals surface area contributed by atoms with E-state index >= 15 is 0 Å². The number of alkyl carbamates (subject to hydrolysis) is 1. The molecule has 0 bridgehead atoms. The summed E-state index contributed by atoms with van der Waals surface area (Å²) in [5, 5.41) is 12.0. The number of hydrogen-bond donors (Lipinski definition) is 2. The lowest BCUT2D eigenvalue weighted by molar-refractivity contribution is -0.148. The third-order valence-corrected chi connectivity index (χ3v) is 7.24. The Morgan fingerprint density at radius 3 is 2.23 bits per heavy atom. The highest BCUT2D eigenvalue weighted by Gasteiger charge is 2.50. The van der Waals surface area contributed by atoms with Crippen molar-refractivity contribution >= 4 is 18.0 Å². The number of amides is 2. The highest BCUT2D eigenvalue weighted by Crippen LogP contribution is 2.44. The van der Waals surface area contributed by atoms with Crippen molar-refractivity contribution in [1.82, 2.24) is 10.2 Å². The number of rotatable bonds is 6. The first-order valence-electron chi connectivity index (χ1n) is 11.7. The summed E-state index contributed by atoms with van der Waals surface area (Å²) >= 11 is 0. The molecule has 0 spiro atoms. The zero-order chi connectivity index (χ0) is 24.7. The maximum atomic E-state index is 13.6. The van der Waals surface area contributed by atoms with Crippen LogP contribution in [-0.4, -0.2) is 59.1 Å². The summed E-state index contributed by atoms with van der Waals surface area (Å²) in [6, 6.07) is 14.5. The number of fused-ring (bicyclic) bond motifs is 3. The Morgan fingerprint density at radius 2 is 1.63 bits per heavy atom. The number of ether oxygens (including phenoxy) is 1. The Balaban J connectivity index is 1.09. The highest BCUT2D eigenvalue weighted by atomic mass is 19.3. The van der Waals surface area contributed by atoms with Crippen molar-refractivity contribution in [2.24, 2.45) is 5.92 Å². The van der Waals surface area contributed by atoms with Crippen LogP contribution in [0, 0.1) is 5.92 Å². The van der Waals surface area contributed by atoms with Gasteiger partial charge < -0.3 is 20.1 Å². The van der Waals surface area contributed by atoms with Crippen LogP contribution in [0.3, 0.4) is 0 Å². The molecule has 1 saturated carbocycles. The second-order valence-corrected chi connectivity index (χ2v) is 9.64. The van der Waals surface area contributed by atoms with Crippen molar-refractivity contribution in [3.8, 4) is 11.1 Å². The molecule has 2 fully saturated rings. The molecule has 9 heteroatoms. The molecule has 35 heavy (non-hydrogen) atoms. The highest BCUT2D eigenvalue weighted by molar-refractivity contribution is 5.85. The Labute approximate surface area is 201 Å². The fourth-order valence-corrected chi connectivity index (χ4v) is 5.49. The molecule has 7 nitrogen and oxygen atoms in total. The van der Waals surface area contributed by atoms with Gasteiger partial charge in [0.2, 0.25) is 5.91 Å². The van der Waals surface area contributed by atoms with Gasteiger partial charge in [-0.2, -0.15) is 0 Å². The Bertz CT molecular complexity index is 1120. The van der Waals surface area contributed by atoms with E-state index in [1.165, 1.54) is 0 Å². The number of carbonyl (C=O) groups excluding carboxylic acids is 2. The number of hydrogen-bond acceptors (Lipinski definition) is 4. The van der Waals surface area contributed by atoms with Crippen LogP contribution >= 0.6 is 0 Å². The number of nitrogens with one attached hydrogen (secondary N) is 1. The number of alkyl halides is 2. The molecule has 1 atom stereocenters. The monoisotopic (exact) mass is 484 g/mol. The van der Waals surface area contributed by atoms with E-state index in [1.807, 2.05) is 36.4 Å². The first-order valence-corrected chi connectivity index (χ1v) is 11.7. The largest absolute Gasteiger partial charge is 0.480 e. The standard InChI is InChI=1S/C26H26F2N2O5/c27-26(28)12-22(24(32)33)30(14-26)23(31)11-15-9-16(10-15)29-25(34)35-13-21-19-7-3-1-5-17(19)18-6-2-4-8-20(18)21/h1-8,15-16,21-22H,9-14H2,(H,29,34)(H,32,33). The third-order valence-electron chi connectivity index (χ3n) is 7.24. The summed E-state index contributed by atoms with van der Waals surface area (Å²) in [5.74, 6) is -5.32. The number of benzene rings is 2. The molecular weight excluding hydrogens is 458 g/mol. The topological polar surface area (TPSA) is 95.9 Å². The summed E-state index contributed by atoms with van der Waals surface area (Å²) in [6.07, 6.45) is -0.379. The van der Waals surface area contributed by atoms with Gasteiger partial charge in [0.1, 0.15) is 12.6 Å². The van der Waals surface area contributed by atoms with Crippen molar-refractivity contribution in [1.29, 1.82) is 0 Å². The molecule has 184 valence electrons. The van der Waals surface area contributed by atoms with Gasteiger partial charge in [-0.1, -0.05) is 48.5 Å². The molecule has 2 aliphatic carbocycles. The minimum atomic E-state index is -3.19. The zero-order valence-electron chi connectivity index (χ0n) is 19.0. The van der Waals surface area contributed by atoms with E-state index in [0.29, 0.717) is 12.8 Å². The lowest BCUT2D eigenvalue weighted by atomic mass is 9.78. The van der Waals surface area contributed by atoms with E-state index in [9.17, 15) is 23.2 Å². The molecule has 1 saturated heterocycles. The predicted molar refractivity (Wildman–Crippen MR) is 122 cm³/mol. The van der Waals surface area contributed by atoms with Crippen LogP contribution in [0.2, 0.25) is 0 Å². The van der Waals surface area contributed by atoms with Crippen molar-refractivity contribution in [3.05, 3.63) is 59.7 Å². The molecule has 2 aromatic carbocycles. The van der Waals surface area contributed by atoms with E-state index in [-0.39, 0.29) is 30.9 Å². The van der Waals surface area contributed by atoms with E-state index < -0.39 is 42.9 Å². The van der Waals surface area contributed by atoms with E-state index in [2.05, 4.69) is 17.4 Å². The summed E-state index contributed by atoms with van der Waals surface area (Å²) in [4.78, 5) is 36.9. The molecule has 1 heterocycles. The average molecular weight is 484 g/mol. The minimum Gasteiger partial charge on any atom is -0.480 e. The van der Waals surface area contributed by atoms with Gasteiger partial charge in [0.05, 0.1) is 6.54 Å². The average Bonchev–Trinajstić information content (AvgIpc) is 3.30. The number of likely N-dealkylation sites (tertiary alicyclic amines) is 1. The van der Waals surface area contributed by atoms with Gasteiger partial charge in [0, 0.05) is 24.8 Å². The molecule has 2 aromatic rings. The van der Waals surface area contributed by atoms with Crippen LogP contribution in [0.1, 0.15) is 42.7 Å². The van der Waals surface area contributed by atoms with Gasteiger partial charge in [-0.05, 0) is 41.0 Å². The van der Waals surface area contributed by atoms with E-state index in [1.54, 1.807) is 0 Å². The van der Waals surface area contributed by atoms with Crippen LogP contribution in [0.25, 0.3) is 11.1 Å². The lowest BCUT2D eigenvalue weighted by Gasteiger charge is -2.36. The van der Waals surface area contributed by atoms with Crippen LogP contribution in [0.5, 0.6) is 0 Å². The molecule has 3 aliphatic rings. The maximum Gasteiger partial charge on any atom is 0.407 e. The van der Waals surface area contributed by atoms with E-state index in [0.717, 1.165) is 27.2 Å². The first kappa shape index (κ1) is 23.3.